The van der Waals surface area contributed by atoms with Crippen LogP contribution < -0.4 is 5.43 Å². The molecule has 0 spiro atoms. The molecule has 86 valence electrons. The summed E-state index contributed by atoms with van der Waals surface area (Å²) in [5.74, 6) is 1.74. The van der Waals surface area contributed by atoms with E-state index in [1.807, 2.05) is 12.3 Å². The van der Waals surface area contributed by atoms with Gasteiger partial charge in [-0.1, -0.05) is 6.92 Å². The number of aromatic nitrogens is 1. The minimum atomic E-state index is 0.161. The van der Waals surface area contributed by atoms with Crippen LogP contribution in [0, 0.1) is 11.8 Å². The van der Waals surface area contributed by atoms with E-state index in [1.165, 1.54) is 31.4 Å². The molecule has 0 radical (unpaired) electrons. The lowest BCUT2D eigenvalue weighted by molar-refractivity contribution is 0.160. The molecule has 3 atom stereocenters. The molecule has 0 bridgehead atoms. The number of hydrogen-bond donors (Lipinski definition) is 0. The maximum atomic E-state index is 11.3. The molecule has 3 rings (SSSR count). The summed E-state index contributed by atoms with van der Waals surface area (Å²) < 4.78 is 2.38. The van der Waals surface area contributed by atoms with Crippen LogP contribution in [-0.2, 0) is 6.42 Å². The van der Waals surface area contributed by atoms with Crippen LogP contribution in [0.15, 0.2) is 23.1 Å². The number of nitrogens with zero attached hydrogens (tertiary/aromatic N) is 1. The van der Waals surface area contributed by atoms with Crippen molar-refractivity contribution in [1.82, 2.24) is 4.57 Å². The largest absolute Gasteiger partial charge is 0.348 e. The lowest BCUT2D eigenvalue weighted by atomic mass is 9.74. The highest BCUT2D eigenvalue weighted by atomic mass is 16.1. The molecule has 2 aliphatic rings. The molecule has 1 aromatic rings. The SMILES string of the molecule is CC1CCC2C(CCc3cc(=O)ccn32)C1. The zero-order valence-corrected chi connectivity index (χ0v) is 9.86. The van der Waals surface area contributed by atoms with Crippen LogP contribution in [0.5, 0.6) is 0 Å². The molecule has 2 heteroatoms. The van der Waals surface area contributed by atoms with Crippen molar-refractivity contribution in [2.75, 3.05) is 0 Å². The van der Waals surface area contributed by atoms with Gasteiger partial charge in [-0.3, -0.25) is 4.79 Å². The fraction of sp³-hybridized carbons (Fsp3) is 0.643. The molecule has 16 heavy (non-hydrogen) atoms. The van der Waals surface area contributed by atoms with Gasteiger partial charge in [0.25, 0.3) is 0 Å². The van der Waals surface area contributed by atoms with Crippen molar-refractivity contribution < 1.29 is 0 Å². The van der Waals surface area contributed by atoms with E-state index in [9.17, 15) is 4.79 Å². The van der Waals surface area contributed by atoms with Crippen LogP contribution in [-0.4, -0.2) is 4.57 Å². The van der Waals surface area contributed by atoms with E-state index < -0.39 is 0 Å². The molecule has 1 fully saturated rings. The standard InChI is InChI=1S/C14H19NO/c1-10-2-5-14-11(8-10)3-4-12-9-13(16)6-7-15(12)14/h6-7,9-11,14H,2-5,8H2,1H3. The Kier molecular flexibility index (Phi) is 2.38. The van der Waals surface area contributed by atoms with Gasteiger partial charge >= 0.3 is 0 Å². The first kappa shape index (κ1) is 10.1. The zero-order chi connectivity index (χ0) is 11.1. The zero-order valence-electron chi connectivity index (χ0n) is 9.86. The Balaban J connectivity index is 1.97. The second kappa shape index (κ2) is 3.76. The summed E-state index contributed by atoms with van der Waals surface area (Å²) in [6.07, 6.45) is 8.39. The number of hydrogen-bond acceptors (Lipinski definition) is 1. The Morgan fingerprint density at radius 1 is 1.31 bits per heavy atom. The van der Waals surface area contributed by atoms with E-state index in [-0.39, 0.29) is 5.43 Å². The van der Waals surface area contributed by atoms with Crippen LogP contribution in [0.4, 0.5) is 0 Å². The molecule has 2 nitrogen and oxygen atoms in total. The van der Waals surface area contributed by atoms with Gasteiger partial charge in [0.05, 0.1) is 0 Å². The summed E-state index contributed by atoms with van der Waals surface area (Å²) in [6.45, 7) is 2.37. The summed E-state index contributed by atoms with van der Waals surface area (Å²) in [5, 5.41) is 0. The lowest BCUT2D eigenvalue weighted by Gasteiger charge is -2.41. The Morgan fingerprint density at radius 3 is 3.06 bits per heavy atom. The van der Waals surface area contributed by atoms with Crippen LogP contribution >= 0.6 is 0 Å². The third kappa shape index (κ3) is 1.60. The maximum Gasteiger partial charge on any atom is 0.181 e. The lowest BCUT2D eigenvalue weighted by Crippen LogP contribution is -2.33. The molecule has 0 N–H and O–H groups in total. The molecule has 0 saturated heterocycles. The monoisotopic (exact) mass is 217 g/mol. The third-order valence-electron chi connectivity index (χ3n) is 4.37. The Morgan fingerprint density at radius 2 is 2.19 bits per heavy atom. The van der Waals surface area contributed by atoms with Crippen molar-refractivity contribution in [3.05, 3.63) is 34.2 Å². The predicted octanol–water partition coefficient (Wildman–Crippen LogP) is 2.77. The summed E-state index contributed by atoms with van der Waals surface area (Å²) in [7, 11) is 0. The van der Waals surface area contributed by atoms with E-state index in [0.29, 0.717) is 6.04 Å². The van der Waals surface area contributed by atoms with Gasteiger partial charge in [-0.2, -0.15) is 0 Å². The smallest absolute Gasteiger partial charge is 0.181 e. The van der Waals surface area contributed by atoms with Gasteiger partial charge in [0.1, 0.15) is 0 Å². The Hall–Kier alpha value is -1.05. The molecule has 0 aromatic carbocycles. The van der Waals surface area contributed by atoms with E-state index >= 15 is 0 Å². The first-order valence-electron chi connectivity index (χ1n) is 6.45. The first-order valence-corrected chi connectivity index (χ1v) is 6.45. The molecule has 1 aliphatic carbocycles. The third-order valence-corrected chi connectivity index (χ3v) is 4.37. The number of pyridine rings is 1. The van der Waals surface area contributed by atoms with Crippen LogP contribution in [0.3, 0.4) is 0 Å². The summed E-state index contributed by atoms with van der Waals surface area (Å²) in [6, 6.07) is 4.21. The molecule has 0 amide bonds. The van der Waals surface area contributed by atoms with E-state index in [4.69, 9.17) is 0 Å². The molecule has 3 unspecified atom stereocenters. The molecular formula is C14H19NO. The Labute approximate surface area is 96.3 Å². The fourth-order valence-corrected chi connectivity index (χ4v) is 3.55. The van der Waals surface area contributed by atoms with E-state index in [2.05, 4.69) is 11.5 Å². The average Bonchev–Trinajstić information content (AvgIpc) is 2.28. The van der Waals surface area contributed by atoms with Gasteiger partial charge in [0.15, 0.2) is 5.43 Å². The van der Waals surface area contributed by atoms with Gasteiger partial charge in [0.2, 0.25) is 0 Å². The highest BCUT2D eigenvalue weighted by Crippen LogP contribution is 2.42. The second-order valence-corrected chi connectivity index (χ2v) is 5.55. The van der Waals surface area contributed by atoms with Gasteiger partial charge < -0.3 is 4.57 Å². The normalized spacial score (nSPS) is 32.9. The van der Waals surface area contributed by atoms with Crippen molar-refractivity contribution in [2.45, 2.75) is 45.1 Å². The van der Waals surface area contributed by atoms with Crippen molar-refractivity contribution >= 4 is 0 Å². The number of rotatable bonds is 0. The minimum Gasteiger partial charge on any atom is -0.348 e. The summed E-state index contributed by atoms with van der Waals surface area (Å²) in [4.78, 5) is 11.3. The quantitative estimate of drug-likeness (QED) is 0.655. The van der Waals surface area contributed by atoms with E-state index in [0.717, 1.165) is 18.3 Å². The van der Waals surface area contributed by atoms with Gasteiger partial charge in [-0.25, -0.2) is 0 Å². The summed E-state index contributed by atoms with van der Waals surface area (Å²) >= 11 is 0. The van der Waals surface area contributed by atoms with Gasteiger partial charge in [-0.05, 0) is 43.9 Å². The highest BCUT2D eigenvalue weighted by molar-refractivity contribution is 5.12. The topological polar surface area (TPSA) is 22.0 Å². The van der Waals surface area contributed by atoms with Crippen molar-refractivity contribution in [2.24, 2.45) is 11.8 Å². The van der Waals surface area contributed by atoms with Crippen LogP contribution in [0.25, 0.3) is 0 Å². The molecule has 1 aliphatic heterocycles. The van der Waals surface area contributed by atoms with Crippen molar-refractivity contribution in [3.8, 4) is 0 Å². The predicted molar refractivity (Wildman–Crippen MR) is 64.6 cm³/mol. The van der Waals surface area contributed by atoms with E-state index in [1.54, 1.807) is 6.07 Å². The van der Waals surface area contributed by atoms with Gasteiger partial charge in [-0.15, -0.1) is 0 Å². The van der Waals surface area contributed by atoms with Gasteiger partial charge in [0, 0.05) is 30.1 Å². The second-order valence-electron chi connectivity index (χ2n) is 5.55. The van der Waals surface area contributed by atoms with Crippen molar-refractivity contribution in [3.63, 3.8) is 0 Å². The summed E-state index contributed by atoms with van der Waals surface area (Å²) in [5.41, 5.74) is 1.41. The average molecular weight is 217 g/mol. The maximum absolute atomic E-state index is 11.3. The number of aryl methyl sites for hydroxylation is 1. The molecule has 2 heterocycles. The number of fused-ring (bicyclic) bond motifs is 3. The minimum absolute atomic E-state index is 0.161. The molecule has 1 saturated carbocycles. The molecular weight excluding hydrogens is 198 g/mol. The molecule has 1 aromatic heterocycles. The first-order chi connectivity index (χ1) is 7.74. The fourth-order valence-electron chi connectivity index (χ4n) is 3.55. The van der Waals surface area contributed by atoms with Crippen LogP contribution in [0.2, 0.25) is 0 Å². The Bertz CT molecular complexity index is 448. The highest BCUT2D eigenvalue weighted by Gasteiger charge is 2.32. The van der Waals surface area contributed by atoms with Crippen LogP contribution in [0.1, 0.15) is 44.3 Å². The van der Waals surface area contributed by atoms with Crippen molar-refractivity contribution in [1.29, 1.82) is 0 Å².